The maximum atomic E-state index is 11.0. The molecule has 4 nitrogen and oxygen atoms in total. The predicted molar refractivity (Wildman–Crippen MR) is 45.6 cm³/mol. The van der Waals surface area contributed by atoms with Crippen molar-refractivity contribution in [1.82, 2.24) is 5.32 Å². The third-order valence-electron chi connectivity index (χ3n) is 1.98. The molecule has 12 heavy (non-hydrogen) atoms. The zero-order valence-electron chi connectivity index (χ0n) is 7.21. The Labute approximate surface area is 72.5 Å². The van der Waals surface area contributed by atoms with Crippen LogP contribution in [-0.2, 0) is 9.53 Å². The molecule has 0 aromatic rings. The van der Waals surface area contributed by atoms with Gasteiger partial charge < -0.3 is 15.8 Å². The molecule has 1 aliphatic heterocycles. The van der Waals surface area contributed by atoms with E-state index in [1.54, 1.807) is 0 Å². The van der Waals surface area contributed by atoms with Crippen molar-refractivity contribution >= 4 is 5.91 Å². The van der Waals surface area contributed by atoms with Crippen LogP contribution in [0, 0.1) is 5.92 Å². The van der Waals surface area contributed by atoms with Crippen LogP contribution in [0.3, 0.4) is 0 Å². The maximum absolute atomic E-state index is 11.0. The number of carbonyl (C=O) groups excluding carboxylic acids is 1. The molecule has 0 aromatic carbocycles. The molecule has 0 aliphatic carbocycles. The summed E-state index contributed by atoms with van der Waals surface area (Å²) in [7, 11) is 0. The zero-order chi connectivity index (χ0) is 8.81. The zero-order valence-corrected chi connectivity index (χ0v) is 7.21. The van der Waals surface area contributed by atoms with Crippen molar-refractivity contribution in [3.05, 3.63) is 0 Å². The van der Waals surface area contributed by atoms with Crippen LogP contribution in [-0.4, -0.2) is 32.2 Å². The van der Waals surface area contributed by atoms with Crippen LogP contribution in [0.15, 0.2) is 0 Å². The van der Waals surface area contributed by atoms with Gasteiger partial charge in [-0.2, -0.15) is 0 Å². The topological polar surface area (TPSA) is 64.4 Å². The van der Waals surface area contributed by atoms with E-state index < -0.39 is 0 Å². The second kappa shape index (κ2) is 5.11. The van der Waals surface area contributed by atoms with Crippen molar-refractivity contribution in [1.29, 1.82) is 0 Å². The third kappa shape index (κ3) is 3.19. The lowest BCUT2D eigenvalue weighted by Crippen LogP contribution is -2.30. The quantitative estimate of drug-likeness (QED) is 0.600. The van der Waals surface area contributed by atoms with Crippen LogP contribution in [0.2, 0.25) is 0 Å². The van der Waals surface area contributed by atoms with Gasteiger partial charge in [0.25, 0.3) is 0 Å². The lowest BCUT2D eigenvalue weighted by Gasteiger charge is -2.08. The molecule has 0 saturated carbocycles. The van der Waals surface area contributed by atoms with E-state index in [9.17, 15) is 4.79 Å². The Morgan fingerprint density at radius 1 is 1.67 bits per heavy atom. The van der Waals surface area contributed by atoms with Crippen LogP contribution >= 0.6 is 0 Å². The summed E-state index contributed by atoms with van der Waals surface area (Å²) in [6.07, 6.45) is 1.48. The maximum Gasteiger partial charge on any atom is 0.221 e. The van der Waals surface area contributed by atoms with Gasteiger partial charge in [-0.3, -0.25) is 4.79 Å². The Kier molecular flexibility index (Phi) is 4.04. The minimum Gasteiger partial charge on any atom is -0.381 e. The van der Waals surface area contributed by atoms with E-state index in [2.05, 4.69) is 5.32 Å². The second-order valence-electron chi connectivity index (χ2n) is 3.07. The van der Waals surface area contributed by atoms with E-state index in [1.165, 1.54) is 0 Å². The van der Waals surface area contributed by atoms with Gasteiger partial charge in [0, 0.05) is 32.0 Å². The van der Waals surface area contributed by atoms with Crippen molar-refractivity contribution in [2.24, 2.45) is 11.7 Å². The summed E-state index contributed by atoms with van der Waals surface area (Å²) in [5, 5.41) is 2.83. The van der Waals surface area contributed by atoms with E-state index in [1.807, 2.05) is 0 Å². The molecule has 1 unspecified atom stereocenters. The van der Waals surface area contributed by atoms with E-state index in [0.29, 0.717) is 18.9 Å². The summed E-state index contributed by atoms with van der Waals surface area (Å²) in [6.45, 7) is 2.77. The van der Waals surface area contributed by atoms with E-state index in [4.69, 9.17) is 10.5 Å². The minimum atomic E-state index is 0.0457. The highest BCUT2D eigenvalue weighted by Gasteiger charge is 2.15. The van der Waals surface area contributed by atoms with Crippen molar-refractivity contribution in [2.45, 2.75) is 12.8 Å². The van der Waals surface area contributed by atoms with Crippen molar-refractivity contribution in [3.8, 4) is 0 Å². The highest BCUT2D eigenvalue weighted by atomic mass is 16.5. The molecule has 0 spiro atoms. The van der Waals surface area contributed by atoms with Crippen LogP contribution < -0.4 is 11.1 Å². The molecular formula is C8H16N2O2. The fraction of sp³-hybridized carbons (Fsp3) is 0.875. The van der Waals surface area contributed by atoms with Gasteiger partial charge >= 0.3 is 0 Å². The smallest absolute Gasteiger partial charge is 0.221 e. The largest absolute Gasteiger partial charge is 0.381 e. The summed E-state index contributed by atoms with van der Waals surface area (Å²) < 4.78 is 5.17. The van der Waals surface area contributed by atoms with Crippen molar-refractivity contribution < 1.29 is 9.53 Å². The van der Waals surface area contributed by atoms with Gasteiger partial charge in [-0.1, -0.05) is 0 Å². The standard InChI is InChI=1S/C8H16N2O2/c9-3-1-8(11)10-5-7-2-4-12-6-7/h7H,1-6,9H2,(H,10,11). The molecule has 1 rings (SSSR count). The number of carbonyl (C=O) groups is 1. The SMILES string of the molecule is NCCC(=O)NCC1CCOC1. The summed E-state index contributed by atoms with van der Waals surface area (Å²) in [4.78, 5) is 11.0. The summed E-state index contributed by atoms with van der Waals surface area (Å²) in [5.74, 6) is 0.552. The van der Waals surface area contributed by atoms with Crippen molar-refractivity contribution in [2.75, 3.05) is 26.3 Å². The summed E-state index contributed by atoms with van der Waals surface area (Å²) >= 11 is 0. The highest BCUT2D eigenvalue weighted by molar-refractivity contribution is 5.75. The first-order chi connectivity index (χ1) is 5.83. The average molecular weight is 172 g/mol. The number of rotatable bonds is 4. The molecule has 0 bridgehead atoms. The lowest BCUT2D eigenvalue weighted by atomic mass is 10.1. The Morgan fingerprint density at radius 2 is 2.50 bits per heavy atom. The van der Waals surface area contributed by atoms with Gasteiger partial charge in [-0.05, 0) is 6.42 Å². The second-order valence-corrected chi connectivity index (χ2v) is 3.07. The summed E-state index contributed by atoms with van der Waals surface area (Å²) in [5.41, 5.74) is 5.23. The third-order valence-corrected chi connectivity index (χ3v) is 1.98. The normalized spacial score (nSPS) is 22.6. The van der Waals surface area contributed by atoms with Crippen LogP contribution in [0.4, 0.5) is 0 Å². The van der Waals surface area contributed by atoms with E-state index >= 15 is 0 Å². The van der Waals surface area contributed by atoms with E-state index in [0.717, 1.165) is 26.2 Å². The molecule has 1 fully saturated rings. The predicted octanol–water partition coefficient (Wildman–Crippen LogP) is -0.512. The molecule has 1 atom stereocenters. The van der Waals surface area contributed by atoms with Gasteiger partial charge in [0.05, 0.1) is 6.61 Å². The van der Waals surface area contributed by atoms with Crippen LogP contribution in [0.25, 0.3) is 0 Å². The molecule has 1 heterocycles. The number of amides is 1. The van der Waals surface area contributed by atoms with Gasteiger partial charge in [-0.15, -0.1) is 0 Å². The molecular weight excluding hydrogens is 156 g/mol. The molecule has 1 amide bonds. The Bertz CT molecular complexity index is 144. The fourth-order valence-corrected chi connectivity index (χ4v) is 1.22. The number of nitrogens with two attached hydrogens (primary N) is 1. The van der Waals surface area contributed by atoms with Gasteiger partial charge in [0.1, 0.15) is 0 Å². The van der Waals surface area contributed by atoms with Crippen LogP contribution in [0.5, 0.6) is 0 Å². The Hall–Kier alpha value is -0.610. The first-order valence-corrected chi connectivity index (χ1v) is 4.37. The fourth-order valence-electron chi connectivity index (χ4n) is 1.22. The number of hydrogen-bond acceptors (Lipinski definition) is 3. The summed E-state index contributed by atoms with van der Waals surface area (Å²) in [6, 6.07) is 0. The lowest BCUT2D eigenvalue weighted by molar-refractivity contribution is -0.121. The Balaban J connectivity index is 2.03. The van der Waals surface area contributed by atoms with Gasteiger partial charge in [-0.25, -0.2) is 0 Å². The minimum absolute atomic E-state index is 0.0457. The number of hydrogen-bond donors (Lipinski definition) is 2. The van der Waals surface area contributed by atoms with Crippen molar-refractivity contribution in [3.63, 3.8) is 0 Å². The highest BCUT2D eigenvalue weighted by Crippen LogP contribution is 2.10. The van der Waals surface area contributed by atoms with Crippen LogP contribution in [0.1, 0.15) is 12.8 Å². The molecule has 3 N–H and O–H groups in total. The van der Waals surface area contributed by atoms with E-state index in [-0.39, 0.29) is 5.91 Å². The molecule has 0 aromatic heterocycles. The molecule has 1 aliphatic rings. The average Bonchev–Trinajstić information content (AvgIpc) is 2.53. The van der Waals surface area contributed by atoms with Gasteiger partial charge in [0.15, 0.2) is 0 Å². The Morgan fingerprint density at radius 3 is 3.08 bits per heavy atom. The first kappa shape index (κ1) is 9.48. The number of nitrogens with one attached hydrogen (secondary N) is 1. The molecule has 0 radical (unpaired) electrons. The monoisotopic (exact) mass is 172 g/mol. The molecule has 4 heteroatoms. The first-order valence-electron chi connectivity index (χ1n) is 4.37. The molecule has 1 saturated heterocycles. The molecule has 70 valence electrons. The number of ether oxygens (including phenoxy) is 1. The van der Waals surface area contributed by atoms with Gasteiger partial charge in [0.2, 0.25) is 5.91 Å².